The van der Waals surface area contributed by atoms with Gasteiger partial charge in [0.2, 0.25) is 5.91 Å². The molecule has 0 aliphatic carbocycles. The molecule has 0 bridgehead atoms. The number of hydrogen-bond acceptors (Lipinski definition) is 3. The van der Waals surface area contributed by atoms with Crippen LogP contribution < -0.4 is 11.1 Å². The molecule has 15 heavy (non-hydrogen) atoms. The molecule has 0 rings (SSSR count). The molecule has 0 saturated carbocycles. The van der Waals surface area contributed by atoms with Crippen LogP contribution in [0.3, 0.4) is 0 Å². The predicted molar refractivity (Wildman–Crippen MR) is 61.3 cm³/mol. The van der Waals surface area contributed by atoms with Gasteiger partial charge in [-0.15, -0.1) is 0 Å². The van der Waals surface area contributed by atoms with Crippen molar-refractivity contribution in [2.24, 2.45) is 11.1 Å². The molecule has 4 nitrogen and oxygen atoms in total. The van der Waals surface area contributed by atoms with Gasteiger partial charge < -0.3 is 16.2 Å². The Morgan fingerprint density at radius 2 is 1.87 bits per heavy atom. The highest BCUT2D eigenvalue weighted by atomic mass is 16.3. The molecular formula is C11H24N2O2. The molecule has 0 fully saturated rings. The average Bonchev–Trinajstić information content (AvgIpc) is 1.99. The number of nitrogens with one attached hydrogen (secondary N) is 1. The van der Waals surface area contributed by atoms with Crippen LogP contribution in [0, 0.1) is 5.41 Å². The van der Waals surface area contributed by atoms with E-state index >= 15 is 0 Å². The van der Waals surface area contributed by atoms with Gasteiger partial charge in [0.25, 0.3) is 0 Å². The molecule has 0 heterocycles. The summed E-state index contributed by atoms with van der Waals surface area (Å²) in [6, 6.07) is -0.570. The number of nitrogens with two attached hydrogens (primary N) is 1. The number of carbonyl (C=O) groups excluding carboxylic acids is 1. The van der Waals surface area contributed by atoms with Gasteiger partial charge in [0, 0.05) is 6.04 Å². The second kappa shape index (κ2) is 5.47. The Morgan fingerprint density at radius 1 is 1.40 bits per heavy atom. The van der Waals surface area contributed by atoms with Gasteiger partial charge in [0.15, 0.2) is 0 Å². The Morgan fingerprint density at radius 3 is 2.20 bits per heavy atom. The van der Waals surface area contributed by atoms with E-state index in [1.165, 1.54) is 0 Å². The first-order chi connectivity index (χ1) is 6.64. The van der Waals surface area contributed by atoms with Crippen molar-refractivity contribution < 1.29 is 9.90 Å². The van der Waals surface area contributed by atoms with Gasteiger partial charge in [-0.2, -0.15) is 0 Å². The number of aliphatic hydroxyl groups is 1. The Hall–Kier alpha value is -0.610. The van der Waals surface area contributed by atoms with Gasteiger partial charge in [-0.05, 0) is 25.7 Å². The molecule has 0 aromatic carbocycles. The maximum atomic E-state index is 11.7. The van der Waals surface area contributed by atoms with E-state index in [0.29, 0.717) is 6.42 Å². The molecule has 0 saturated heterocycles. The molecule has 0 aromatic rings. The highest BCUT2D eigenvalue weighted by Gasteiger charge is 2.28. The molecule has 3 atom stereocenters. The van der Waals surface area contributed by atoms with Crippen molar-refractivity contribution in [2.45, 2.75) is 59.2 Å². The van der Waals surface area contributed by atoms with Gasteiger partial charge in [-0.1, -0.05) is 20.8 Å². The molecule has 0 spiro atoms. The summed E-state index contributed by atoms with van der Waals surface area (Å²) in [6.07, 6.45) is 0.133. The first kappa shape index (κ1) is 14.4. The fourth-order valence-electron chi connectivity index (χ4n) is 1.30. The van der Waals surface area contributed by atoms with Crippen molar-refractivity contribution >= 4 is 5.91 Å². The summed E-state index contributed by atoms with van der Waals surface area (Å²) in [5, 5.41) is 11.9. The Labute approximate surface area is 92.2 Å². The van der Waals surface area contributed by atoms with Crippen LogP contribution in [-0.2, 0) is 4.79 Å². The zero-order valence-corrected chi connectivity index (χ0v) is 10.4. The zero-order valence-electron chi connectivity index (χ0n) is 10.4. The Kier molecular flexibility index (Phi) is 5.24. The summed E-state index contributed by atoms with van der Waals surface area (Å²) in [7, 11) is 0. The number of aliphatic hydroxyl groups excluding tert-OH is 1. The largest absolute Gasteiger partial charge is 0.393 e. The molecule has 4 heteroatoms. The quantitative estimate of drug-likeness (QED) is 0.645. The third-order valence-electron chi connectivity index (χ3n) is 2.30. The lowest BCUT2D eigenvalue weighted by molar-refractivity contribution is -0.125. The van der Waals surface area contributed by atoms with Crippen molar-refractivity contribution in [1.29, 1.82) is 0 Å². The average molecular weight is 216 g/mol. The smallest absolute Gasteiger partial charge is 0.237 e. The zero-order chi connectivity index (χ0) is 12.2. The first-order valence-electron chi connectivity index (χ1n) is 5.38. The summed E-state index contributed by atoms with van der Waals surface area (Å²) in [6.45, 7) is 9.34. The molecule has 90 valence electrons. The van der Waals surface area contributed by atoms with Crippen molar-refractivity contribution in [2.75, 3.05) is 0 Å². The van der Waals surface area contributed by atoms with E-state index in [9.17, 15) is 4.79 Å². The van der Waals surface area contributed by atoms with E-state index in [0.717, 1.165) is 0 Å². The highest BCUT2D eigenvalue weighted by Crippen LogP contribution is 2.17. The van der Waals surface area contributed by atoms with E-state index in [1.807, 2.05) is 27.7 Å². The van der Waals surface area contributed by atoms with E-state index in [4.69, 9.17) is 10.8 Å². The van der Waals surface area contributed by atoms with Gasteiger partial charge in [-0.25, -0.2) is 0 Å². The van der Waals surface area contributed by atoms with E-state index < -0.39 is 12.1 Å². The van der Waals surface area contributed by atoms with Crippen LogP contribution in [0.1, 0.15) is 41.0 Å². The normalized spacial score (nSPS) is 18.1. The number of hydrogen-bond donors (Lipinski definition) is 3. The minimum absolute atomic E-state index is 0.0501. The van der Waals surface area contributed by atoms with Crippen molar-refractivity contribution in [3.63, 3.8) is 0 Å². The molecule has 0 aliphatic heterocycles. The summed E-state index contributed by atoms with van der Waals surface area (Å²) >= 11 is 0. The third kappa shape index (κ3) is 5.74. The lowest BCUT2D eigenvalue weighted by Gasteiger charge is -2.27. The van der Waals surface area contributed by atoms with E-state index in [-0.39, 0.29) is 17.4 Å². The van der Waals surface area contributed by atoms with Crippen LogP contribution in [0.5, 0.6) is 0 Å². The summed E-state index contributed by atoms with van der Waals surface area (Å²) in [4.78, 5) is 11.7. The van der Waals surface area contributed by atoms with E-state index in [2.05, 4.69) is 5.32 Å². The Balaban J connectivity index is 4.14. The third-order valence-corrected chi connectivity index (χ3v) is 2.30. The number of rotatable bonds is 4. The van der Waals surface area contributed by atoms with Gasteiger partial charge >= 0.3 is 0 Å². The molecule has 1 amide bonds. The standard InChI is InChI=1S/C11H24N2O2/c1-7(6-8(2)14)13-10(15)9(12)11(3,4)5/h7-9,14H,6,12H2,1-5H3,(H,13,15)/t7?,8?,9-/m1/s1. The van der Waals surface area contributed by atoms with Crippen LogP contribution in [-0.4, -0.2) is 29.2 Å². The van der Waals surface area contributed by atoms with Crippen LogP contribution in [0.2, 0.25) is 0 Å². The highest BCUT2D eigenvalue weighted by molar-refractivity contribution is 5.82. The van der Waals surface area contributed by atoms with Crippen molar-refractivity contribution in [3.8, 4) is 0 Å². The predicted octanol–water partition coefficient (Wildman–Crippen LogP) is 0.635. The van der Waals surface area contributed by atoms with Crippen LogP contribution >= 0.6 is 0 Å². The van der Waals surface area contributed by atoms with Gasteiger partial charge in [-0.3, -0.25) is 4.79 Å². The second-order valence-corrected chi connectivity index (χ2v) is 5.34. The SMILES string of the molecule is CC(O)CC(C)NC(=O)[C@@H](N)C(C)(C)C. The number of amides is 1. The maximum absolute atomic E-state index is 11.7. The van der Waals surface area contributed by atoms with Gasteiger partial charge in [0.05, 0.1) is 12.1 Å². The van der Waals surface area contributed by atoms with Crippen LogP contribution in [0.4, 0.5) is 0 Å². The first-order valence-corrected chi connectivity index (χ1v) is 5.38. The summed E-state index contributed by atoms with van der Waals surface area (Å²) in [5.41, 5.74) is 5.56. The lowest BCUT2D eigenvalue weighted by atomic mass is 9.87. The second-order valence-electron chi connectivity index (χ2n) is 5.34. The topological polar surface area (TPSA) is 75.3 Å². The van der Waals surface area contributed by atoms with Crippen LogP contribution in [0.15, 0.2) is 0 Å². The fraction of sp³-hybridized carbons (Fsp3) is 0.909. The minimum Gasteiger partial charge on any atom is -0.393 e. The molecule has 0 aromatic heterocycles. The summed E-state index contributed by atoms with van der Waals surface area (Å²) < 4.78 is 0. The van der Waals surface area contributed by atoms with Crippen LogP contribution in [0.25, 0.3) is 0 Å². The fourth-order valence-corrected chi connectivity index (χ4v) is 1.30. The number of carbonyl (C=O) groups is 1. The Bertz CT molecular complexity index is 209. The molecular weight excluding hydrogens is 192 g/mol. The lowest BCUT2D eigenvalue weighted by Crippen LogP contribution is -2.51. The van der Waals surface area contributed by atoms with Crippen molar-refractivity contribution in [1.82, 2.24) is 5.32 Å². The minimum atomic E-state index is -0.519. The maximum Gasteiger partial charge on any atom is 0.237 e. The van der Waals surface area contributed by atoms with E-state index in [1.54, 1.807) is 6.92 Å². The monoisotopic (exact) mass is 216 g/mol. The summed E-state index contributed by atoms with van der Waals surface area (Å²) in [5.74, 6) is -0.157. The molecule has 4 N–H and O–H groups in total. The molecule has 0 radical (unpaired) electrons. The van der Waals surface area contributed by atoms with Crippen molar-refractivity contribution in [3.05, 3.63) is 0 Å². The van der Waals surface area contributed by atoms with Gasteiger partial charge in [0.1, 0.15) is 0 Å². The molecule has 0 aliphatic rings. The molecule has 2 unspecified atom stereocenters.